The van der Waals surface area contributed by atoms with Crippen molar-refractivity contribution in [2.24, 2.45) is 11.8 Å². The van der Waals surface area contributed by atoms with Gasteiger partial charge in [-0.05, 0) is 32.7 Å². The van der Waals surface area contributed by atoms with Crippen molar-refractivity contribution < 1.29 is 19.5 Å². The maximum absolute atomic E-state index is 11.8. The zero-order valence-electron chi connectivity index (χ0n) is 11.3. The minimum absolute atomic E-state index is 0.0723. The molecule has 1 saturated heterocycles. The standard InChI is InChI=1S/C13H20N2O4/c1-3-13(14-2,12(18)19)5-4-6-15-10(16)8-7-9(8)11(15)17/h8-9,14H,3-7H2,1-2H3,(H,18,19). The van der Waals surface area contributed by atoms with E-state index in [1.165, 1.54) is 4.90 Å². The van der Waals surface area contributed by atoms with Crippen molar-refractivity contribution in [2.45, 2.75) is 38.1 Å². The number of carboxylic acid groups (broad SMARTS) is 1. The number of likely N-dealkylation sites (N-methyl/N-ethyl adjacent to an activating group) is 1. The van der Waals surface area contributed by atoms with E-state index in [9.17, 15) is 19.5 Å². The molecule has 2 fully saturated rings. The summed E-state index contributed by atoms with van der Waals surface area (Å²) in [6.07, 6.45) is 2.09. The molecule has 106 valence electrons. The predicted molar refractivity (Wildman–Crippen MR) is 67.3 cm³/mol. The normalized spacial score (nSPS) is 28.2. The zero-order chi connectivity index (χ0) is 14.2. The Kier molecular flexibility index (Phi) is 3.62. The third kappa shape index (κ3) is 2.25. The molecule has 2 N–H and O–H groups in total. The lowest BCUT2D eigenvalue weighted by Crippen LogP contribution is -2.50. The van der Waals surface area contributed by atoms with E-state index in [1.807, 2.05) is 6.92 Å². The van der Waals surface area contributed by atoms with E-state index in [0.717, 1.165) is 0 Å². The minimum Gasteiger partial charge on any atom is -0.480 e. The fourth-order valence-electron chi connectivity index (χ4n) is 2.85. The molecule has 1 heterocycles. The van der Waals surface area contributed by atoms with E-state index in [-0.39, 0.29) is 23.7 Å². The van der Waals surface area contributed by atoms with Gasteiger partial charge in [0.15, 0.2) is 0 Å². The molecule has 0 aromatic heterocycles. The lowest BCUT2D eigenvalue weighted by molar-refractivity contribution is -0.145. The van der Waals surface area contributed by atoms with Gasteiger partial charge in [0.25, 0.3) is 0 Å². The SMILES string of the molecule is CCC(CCCN1C(=O)C2CC2C1=O)(NC)C(=O)O. The van der Waals surface area contributed by atoms with Crippen LogP contribution in [0.2, 0.25) is 0 Å². The minimum atomic E-state index is -0.964. The summed E-state index contributed by atoms with van der Waals surface area (Å²) in [5, 5.41) is 12.1. The van der Waals surface area contributed by atoms with Crippen LogP contribution in [0, 0.1) is 11.8 Å². The number of amides is 2. The molecule has 6 heteroatoms. The van der Waals surface area contributed by atoms with Crippen LogP contribution >= 0.6 is 0 Å². The Morgan fingerprint density at radius 2 is 2.00 bits per heavy atom. The number of rotatable bonds is 7. The molecule has 0 aromatic rings. The largest absolute Gasteiger partial charge is 0.480 e. The van der Waals surface area contributed by atoms with Crippen molar-refractivity contribution in [3.8, 4) is 0 Å². The molecule has 0 bridgehead atoms. The van der Waals surface area contributed by atoms with Gasteiger partial charge in [0.1, 0.15) is 5.54 Å². The predicted octanol–water partition coefficient (Wildman–Crippen LogP) is 0.224. The van der Waals surface area contributed by atoms with Crippen molar-refractivity contribution in [1.82, 2.24) is 10.2 Å². The molecule has 3 atom stereocenters. The number of carbonyl (C=O) groups excluding carboxylic acids is 2. The van der Waals surface area contributed by atoms with Crippen LogP contribution in [0.1, 0.15) is 32.6 Å². The van der Waals surface area contributed by atoms with E-state index < -0.39 is 11.5 Å². The summed E-state index contributed by atoms with van der Waals surface area (Å²) in [7, 11) is 1.62. The number of imide groups is 1. The molecule has 1 aliphatic heterocycles. The summed E-state index contributed by atoms with van der Waals surface area (Å²) in [5.74, 6) is -1.19. The molecule has 0 radical (unpaired) electrons. The van der Waals surface area contributed by atoms with E-state index >= 15 is 0 Å². The molecule has 0 spiro atoms. The summed E-state index contributed by atoms with van der Waals surface area (Å²) in [6.45, 7) is 2.15. The number of hydrogen-bond acceptors (Lipinski definition) is 4. The molecule has 2 rings (SSSR count). The van der Waals surface area contributed by atoms with Gasteiger partial charge in [0, 0.05) is 6.54 Å². The highest BCUT2D eigenvalue weighted by Crippen LogP contribution is 2.47. The first-order valence-corrected chi connectivity index (χ1v) is 6.74. The smallest absolute Gasteiger partial charge is 0.323 e. The van der Waals surface area contributed by atoms with E-state index in [1.54, 1.807) is 7.05 Å². The Morgan fingerprint density at radius 1 is 1.42 bits per heavy atom. The first-order valence-electron chi connectivity index (χ1n) is 6.74. The lowest BCUT2D eigenvalue weighted by atomic mass is 9.90. The van der Waals surface area contributed by atoms with E-state index in [4.69, 9.17) is 0 Å². The maximum Gasteiger partial charge on any atom is 0.323 e. The van der Waals surface area contributed by atoms with Crippen molar-refractivity contribution >= 4 is 17.8 Å². The number of nitrogens with zero attached hydrogens (tertiary/aromatic N) is 1. The highest BCUT2D eigenvalue weighted by atomic mass is 16.4. The zero-order valence-corrected chi connectivity index (χ0v) is 11.3. The molecule has 1 aliphatic carbocycles. The van der Waals surface area contributed by atoms with Gasteiger partial charge in [0.2, 0.25) is 11.8 Å². The van der Waals surface area contributed by atoms with Crippen LogP contribution in [0.15, 0.2) is 0 Å². The number of carbonyl (C=O) groups is 3. The third-order valence-electron chi connectivity index (χ3n) is 4.43. The van der Waals surface area contributed by atoms with Gasteiger partial charge in [-0.2, -0.15) is 0 Å². The number of carboxylic acids is 1. The van der Waals surface area contributed by atoms with E-state index in [0.29, 0.717) is 32.2 Å². The van der Waals surface area contributed by atoms with Gasteiger partial charge in [-0.25, -0.2) is 0 Å². The summed E-state index contributed by atoms with van der Waals surface area (Å²) >= 11 is 0. The number of aliphatic carboxylic acids is 1. The fourth-order valence-corrected chi connectivity index (χ4v) is 2.85. The van der Waals surface area contributed by atoms with Crippen LogP contribution in [0.25, 0.3) is 0 Å². The van der Waals surface area contributed by atoms with Gasteiger partial charge in [-0.3, -0.25) is 19.3 Å². The maximum atomic E-state index is 11.8. The fraction of sp³-hybridized carbons (Fsp3) is 0.769. The molecule has 1 saturated carbocycles. The van der Waals surface area contributed by atoms with Gasteiger partial charge in [0.05, 0.1) is 11.8 Å². The number of hydrogen-bond donors (Lipinski definition) is 2. The molecule has 3 unspecified atom stereocenters. The lowest BCUT2D eigenvalue weighted by Gasteiger charge is -2.28. The van der Waals surface area contributed by atoms with Crippen LogP contribution in [0.4, 0.5) is 0 Å². The number of piperidine rings is 1. The quantitative estimate of drug-likeness (QED) is 0.645. The summed E-state index contributed by atoms with van der Waals surface area (Å²) < 4.78 is 0. The highest BCUT2D eigenvalue weighted by Gasteiger charge is 2.58. The second-order valence-corrected chi connectivity index (χ2v) is 5.37. The summed E-state index contributed by atoms with van der Waals surface area (Å²) in [6, 6.07) is 0. The Hall–Kier alpha value is -1.43. The summed E-state index contributed by atoms with van der Waals surface area (Å²) in [4.78, 5) is 36.1. The van der Waals surface area contributed by atoms with Crippen molar-refractivity contribution in [3.63, 3.8) is 0 Å². The third-order valence-corrected chi connectivity index (χ3v) is 4.43. The second kappa shape index (κ2) is 4.92. The van der Waals surface area contributed by atoms with Crippen molar-refractivity contribution in [1.29, 1.82) is 0 Å². The van der Waals surface area contributed by atoms with Gasteiger partial charge in [-0.15, -0.1) is 0 Å². The first-order chi connectivity index (χ1) is 8.96. The molecule has 0 aromatic carbocycles. The Labute approximate surface area is 112 Å². The number of nitrogens with one attached hydrogen (secondary N) is 1. The average molecular weight is 268 g/mol. The van der Waals surface area contributed by atoms with Gasteiger partial charge < -0.3 is 10.4 Å². The molecule has 19 heavy (non-hydrogen) atoms. The monoisotopic (exact) mass is 268 g/mol. The Morgan fingerprint density at radius 3 is 2.42 bits per heavy atom. The van der Waals surface area contributed by atoms with E-state index in [2.05, 4.69) is 5.32 Å². The summed E-state index contributed by atoms with van der Waals surface area (Å²) in [5.41, 5.74) is -0.964. The molecular formula is C13H20N2O4. The molecule has 2 aliphatic rings. The molecular weight excluding hydrogens is 248 g/mol. The Bertz CT molecular complexity index is 397. The number of likely N-dealkylation sites (tertiary alicyclic amines) is 1. The van der Waals surface area contributed by atoms with Crippen LogP contribution in [0.5, 0.6) is 0 Å². The van der Waals surface area contributed by atoms with Crippen LogP contribution in [-0.4, -0.2) is 46.9 Å². The van der Waals surface area contributed by atoms with Crippen molar-refractivity contribution in [3.05, 3.63) is 0 Å². The van der Waals surface area contributed by atoms with Crippen LogP contribution in [0.3, 0.4) is 0 Å². The second-order valence-electron chi connectivity index (χ2n) is 5.37. The van der Waals surface area contributed by atoms with Crippen molar-refractivity contribution in [2.75, 3.05) is 13.6 Å². The van der Waals surface area contributed by atoms with Gasteiger partial charge >= 0.3 is 5.97 Å². The number of fused-ring (bicyclic) bond motifs is 1. The van der Waals surface area contributed by atoms with Crippen LogP contribution < -0.4 is 5.32 Å². The topological polar surface area (TPSA) is 86.7 Å². The molecule has 6 nitrogen and oxygen atoms in total. The highest BCUT2D eigenvalue weighted by molar-refractivity contribution is 6.08. The van der Waals surface area contributed by atoms with Crippen LogP contribution in [-0.2, 0) is 14.4 Å². The average Bonchev–Trinajstić information content (AvgIpc) is 3.14. The van der Waals surface area contributed by atoms with Gasteiger partial charge in [-0.1, -0.05) is 6.92 Å². The molecule has 2 amide bonds. The first kappa shape index (κ1) is 14.0. The Balaban J connectivity index is 1.88.